The van der Waals surface area contributed by atoms with Crippen LogP contribution in [0.4, 0.5) is 20.2 Å². The SMILES string of the molecule is CC(=O)SCC1CC(=O)N(c2cc([N+](=O)[O-])c(F)cc2F)C1. The van der Waals surface area contributed by atoms with Crippen molar-refractivity contribution in [3.8, 4) is 0 Å². The van der Waals surface area contributed by atoms with Gasteiger partial charge in [0.25, 0.3) is 0 Å². The van der Waals surface area contributed by atoms with Gasteiger partial charge in [-0.15, -0.1) is 0 Å². The Labute approximate surface area is 128 Å². The molecule has 118 valence electrons. The number of amides is 1. The molecule has 0 aliphatic carbocycles. The Balaban J connectivity index is 2.24. The Hall–Kier alpha value is -2.03. The van der Waals surface area contributed by atoms with Gasteiger partial charge in [-0.05, 0) is 5.92 Å². The average Bonchev–Trinajstić information content (AvgIpc) is 2.77. The van der Waals surface area contributed by atoms with Gasteiger partial charge >= 0.3 is 5.69 Å². The van der Waals surface area contributed by atoms with E-state index in [1.165, 1.54) is 6.92 Å². The quantitative estimate of drug-likeness (QED) is 0.626. The van der Waals surface area contributed by atoms with Crippen molar-refractivity contribution in [3.05, 3.63) is 33.9 Å². The predicted octanol–water partition coefficient (Wildman–Crippen LogP) is 2.51. The zero-order valence-corrected chi connectivity index (χ0v) is 12.4. The number of anilines is 1. The van der Waals surface area contributed by atoms with E-state index < -0.39 is 28.2 Å². The Morgan fingerprint density at radius 3 is 2.73 bits per heavy atom. The van der Waals surface area contributed by atoms with Crippen LogP contribution in [0.1, 0.15) is 13.3 Å². The molecule has 0 N–H and O–H groups in total. The van der Waals surface area contributed by atoms with E-state index in [1.54, 1.807) is 0 Å². The maximum atomic E-state index is 13.8. The first-order valence-corrected chi connectivity index (χ1v) is 7.35. The van der Waals surface area contributed by atoms with Crippen molar-refractivity contribution in [2.45, 2.75) is 13.3 Å². The first-order valence-electron chi connectivity index (χ1n) is 6.36. The zero-order chi connectivity index (χ0) is 16.4. The third-order valence-electron chi connectivity index (χ3n) is 3.23. The molecule has 2 rings (SSSR count). The number of nitro benzene ring substituents is 1. The van der Waals surface area contributed by atoms with E-state index in [0.717, 1.165) is 22.7 Å². The zero-order valence-electron chi connectivity index (χ0n) is 11.5. The number of thioether (sulfide) groups is 1. The maximum Gasteiger partial charge on any atom is 0.307 e. The van der Waals surface area contributed by atoms with Gasteiger partial charge in [-0.3, -0.25) is 19.7 Å². The van der Waals surface area contributed by atoms with Crippen LogP contribution in [0.2, 0.25) is 0 Å². The van der Waals surface area contributed by atoms with E-state index in [1.807, 2.05) is 0 Å². The molecule has 1 saturated heterocycles. The van der Waals surface area contributed by atoms with Gasteiger partial charge in [0.15, 0.2) is 5.12 Å². The number of hydrogen-bond donors (Lipinski definition) is 0. The van der Waals surface area contributed by atoms with Crippen molar-refractivity contribution in [2.75, 3.05) is 17.2 Å². The third-order valence-corrected chi connectivity index (χ3v) is 4.28. The second-order valence-corrected chi connectivity index (χ2v) is 6.09. The van der Waals surface area contributed by atoms with Gasteiger partial charge in [-0.2, -0.15) is 4.39 Å². The van der Waals surface area contributed by atoms with Gasteiger partial charge in [0.05, 0.1) is 10.6 Å². The monoisotopic (exact) mass is 330 g/mol. The number of carbonyl (C=O) groups excluding carboxylic acids is 2. The topological polar surface area (TPSA) is 80.5 Å². The second-order valence-electron chi connectivity index (χ2n) is 4.89. The molecule has 9 heteroatoms. The van der Waals surface area contributed by atoms with Crippen LogP contribution in [0.5, 0.6) is 0 Å². The number of nitrogens with zero attached hydrogens (tertiary/aromatic N) is 2. The molecule has 1 amide bonds. The fourth-order valence-electron chi connectivity index (χ4n) is 2.23. The fraction of sp³-hybridized carbons (Fsp3) is 0.385. The lowest BCUT2D eigenvalue weighted by Crippen LogP contribution is -2.26. The highest BCUT2D eigenvalue weighted by Gasteiger charge is 2.34. The Morgan fingerprint density at radius 1 is 1.45 bits per heavy atom. The summed E-state index contributed by atoms with van der Waals surface area (Å²) in [6.07, 6.45) is 0.116. The van der Waals surface area contributed by atoms with Crippen molar-refractivity contribution in [1.82, 2.24) is 0 Å². The summed E-state index contributed by atoms with van der Waals surface area (Å²) < 4.78 is 27.2. The predicted molar refractivity (Wildman–Crippen MR) is 76.6 cm³/mol. The van der Waals surface area contributed by atoms with Crippen molar-refractivity contribution in [3.63, 3.8) is 0 Å². The molecule has 1 unspecified atom stereocenters. The Bertz CT molecular complexity index is 653. The number of benzene rings is 1. The molecule has 1 fully saturated rings. The van der Waals surface area contributed by atoms with Crippen LogP contribution >= 0.6 is 11.8 Å². The summed E-state index contributed by atoms with van der Waals surface area (Å²) in [5.41, 5.74) is -1.20. The van der Waals surface area contributed by atoms with Crippen LogP contribution in [-0.4, -0.2) is 28.2 Å². The highest BCUT2D eigenvalue weighted by Crippen LogP contribution is 2.33. The average molecular weight is 330 g/mol. The molecule has 1 aliphatic rings. The molecule has 1 aromatic rings. The number of nitro groups is 1. The molecule has 1 heterocycles. The lowest BCUT2D eigenvalue weighted by Gasteiger charge is -2.17. The minimum Gasteiger partial charge on any atom is -0.309 e. The Morgan fingerprint density at radius 2 is 2.14 bits per heavy atom. The van der Waals surface area contributed by atoms with Crippen LogP contribution < -0.4 is 4.90 Å². The summed E-state index contributed by atoms with van der Waals surface area (Å²) in [6.45, 7) is 1.54. The molecule has 6 nitrogen and oxygen atoms in total. The lowest BCUT2D eigenvalue weighted by molar-refractivity contribution is -0.387. The molecule has 1 aliphatic heterocycles. The minimum absolute atomic E-state index is 0.0884. The van der Waals surface area contributed by atoms with Crippen LogP contribution in [0.3, 0.4) is 0 Å². The first kappa shape index (κ1) is 16.3. The molecule has 0 spiro atoms. The maximum absolute atomic E-state index is 13.8. The first-order chi connectivity index (χ1) is 10.3. The third kappa shape index (κ3) is 3.41. The van der Waals surface area contributed by atoms with Crippen LogP contribution in [0.15, 0.2) is 12.1 Å². The van der Waals surface area contributed by atoms with Crippen LogP contribution in [0, 0.1) is 27.7 Å². The van der Waals surface area contributed by atoms with E-state index in [9.17, 15) is 28.5 Å². The normalized spacial score (nSPS) is 17.9. The molecule has 0 radical (unpaired) electrons. The summed E-state index contributed by atoms with van der Waals surface area (Å²) >= 11 is 1.06. The van der Waals surface area contributed by atoms with Crippen LogP contribution in [0.25, 0.3) is 0 Å². The van der Waals surface area contributed by atoms with Gasteiger partial charge < -0.3 is 4.90 Å². The second kappa shape index (κ2) is 6.39. The summed E-state index contributed by atoms with van der Waals surface area (Å²) in [5, 5.41) is 10.6. The molecule has 0 aromatic heterocycles. The van der Waals surface area contributed by atoms with Gasteiger partial charge in [-0.25, -0.2) is 4.39 Å². The van der Waals surface area contributed by atoms with Crippen LogP contribution in [-0.2, 0) is 9.59 Å². The molecule has 0 bridgehead atoms. The van der Waals surface area contributed by atoms with Crippen molar-refractivity contribution in [1.29, 1.82) is 0 Å². The molecule has 1 atom stereocenters. The number of carbonyl (C=O) groups is 2. The van der Waals surface area contributed by atoms with E-state index in [4.69, 9.17) is 0 Å². The Kier molecular flexibility index (Phi) is 4.74. The molecule has 22 heavy (non-hydrogen) atoms. The van der Waals surface area contributed by atoms with Gasteiger partial charge in [0.2, 0.25) is 11.7 Å². The smallest absolute Gasteiger partial charge is 0.307 e. The van der Waals surface area contributed by atoms with E-state index >= 15 is 0 Å². The fourth-order valence-corrected chi connectivity index (χ4v) is 2.93. The lowest BCUT2D eigenvalue weighted by atomic mass is 10.1. The number of halogens is 2. The van der Waals surface area contributed by atoms with Gasteiger partial charge in [0, 0.05) is 37.8 Å². The van der Waals surface area contributed by atoms with Crippen molar-refractivity contribution >= 4 is 34.2 Å². The summed E-state index contributed by atoms with van der Waals surface area (Å²) in [7, 11) is 0. The highest BCUT2D eigenvalue weighted by molar-refractivity contribution is 8.13. The molecular formula is C13H12F2N2O4S. The molecule has 1 aromatic carbocycles. The standard InChI is InChI=1S/C13H12F2N2O4S/c1-7(18)22-6-8-2-13(19)16(5-8)11-4-12(17(20)21)10(15)3-9(11)14/h3-4,8H,2,5-6H2,1H3. The van der Waals surface area contributed by atoms with E-state index in [-0.39, 0.29) is 29.7 Å². The minimum atomic E-state index is -1.29. The van der Waals surface area contributed by atoms with Gasteiger partial charge in [-0.1, -0.05) is 11.8 Å². The molecular weight excluding hydrogens is 318 g/mol. The van der Waals surface area contributed by atoms with Crippen molar-refractivity contribution < 1.29 is 23.3 Å². The van der Waals surface area contributed by atoms with E-state index in [0.29, 0.717) is 11.8 Å². The molecule has 0 saturated carbocycles. The summed E-state index contributed by atoms with van der Waals surface area (Å²) in [6, 6.07) is 1.13. The van der Waals surface area contributed by atoms with Gasteiger partial charge in [0.1, 0.15) is 5.82 Å². The summed E-state index contributed by atoms with van der Waals surface area (Å²) in [5.74, 6) is -2.49. The highest BCUT2D eigenvalue weighted by atomic mass is 32.2. The van der Waals surface area contributed by atoms with Crippen molar-refractivity contribution in [2.24, 2.45) is 5.92 Å². The van der Waals surface area contributed by atoms with E-state index in [2.05, 4.69) is 0 Å². The summed E-state index contributed by atoms with van der Waals surface area (Å²) in [4.78, 5) is 33.7. The number of hydrogen-bond acceptors (Lipinski definition) is 5. The largest absolute Gasteiger partial charge is 0.309 e. The number of rotatable bonds is 4.